The van der Waals surface area contributed by atoms with E-state index in [0.29, 0.717) is 12.1 Å². The van der Waals surface area contributed by atoms with Crippen LogP contribution in [0.4, 0.5) is 0 Å². The van der Waals surface area contributed by atoms with Gasteiger partial charge in [0.15, 0.2) is 0 Å². The molecule has 0 spiro atoms. The lowest BCUT2D eigenvalue weighted by Crippen LogP contribution is -2.39. The smallest absolute Gasteiger partial charge is 0.0728 e. The van der Waals surface area contributed by atoms with E-state index in [9.17, 15) is 0 Å². The Kier molecular flexibility index (Phi) is 7.03. The fourth-order valence-corrected chi connectivity index (χ4v) is 2.28. The third-order valence-corrected chi connectivity index (χ3v) is 3.19. The molecule has 0 saturated carbocycles. The van der Waals surface area contributed by atoms with E-state index in [4.69, 9.17) is 4.74 Å². The maximum Gasteiger partial charge on any atom is 0.0728 e. The number of hydrogen-bond donors (Lipinski definition) is 1. The summed E-state index contributed by atoms with van der Waals surface area (Å²) in [4.78, 5) is 0. The molecule has 0 aromatic heterocycles. The summed E-state index contributed by atoms with van der Waals surface area (Å²) >= 11 is 0. The summed E-state index contributed by atoms with van der Waals surface area (Å²) in [5, 5.41) is 3.65. The van der Waals surface area contributed by atoms with Gasteiger partial charge in [0, 0.05) is 12.6 Å². The van der Waals surface area contributed by atoms with Gasteiger partial charge in [-0.1, -0.05) is 33.1 Å². The van der Waals surface area contributed by atoms with Crippen LogP contribution in [0.5, 0.6) is 0 Å². The van der Waals surface area contributed by atoms with Crippen LogP contribution in [-0.2, 0) is 4.74 Å². The molecule has 1 aliphatic rings. The quantitative estimate of drug-likeness (QED) is 0.626. The molecule has 0 bridgehead atoms. The molecule has 1 saturated heterocycles. The van der Waals surface area contributed by atoms with Crippen molar-refractivity contribution in [1.82, 2.24) is 5.32 Å². The Hall–Kier alpha value is -0.0800. The van der Waals surface area contributed by atoms with Gasteiger partial charge in [-0.15, -0.1) is 0 Å². The first-order valence-corrected chi connectivity index (χ1v) is 6.73. The molecule has 0 aromatic carbocycles. The number of unbranched alkanes of at least 4 members (excludes halogenated alkanes) is 2. The van der Waals surface area contributed by atoms with Gasteiger partial charge in [-0.25, -0.2) is 0 Å². The van der Waals surface area contributed by atoms with Crippen molar-refractivity contribution in [3.8, 4) is 0 Å². The Labute approximate surface area is 94.8 Å². The molecule has 1 aliphatic heterocycles. The normalized spacial score (nSPS) is 23.2. The molecule has 1 rings (SSSR count). The van der Waals surface area contributed by atoms with Crippen LogP contribution in [0.15, 0.2) is 0 Å². The minimum absolute atomic E-state index is 0.494. The number of hydrogen-bond acceptors (Lipinski definition) is 2. The summed E-state index contributed by atoms with van der Waals surface area (Å²) < 4.78 is 5.78. The predicted octanol–water partition coefficient (Wildman–Crippen LogP) is 3.11. The van der Waals surface area contributed by atoms with Crippen LogP contribution >= 0.6 is 0 Å². The van der Waals surface area contributed by atoms with Crippen molar-refractivity contribution in [2.24, 2.45) is 0 Å². The molecular formula is C13H27NO. The SMILES string of the molecule is CCCCCC(NCCC)C1CCCO1. The summed E-state index contributed by atoms with van der Waals surface area (Å²) in [5.41, 5.74) is 0. The summed E-state index contributed by atoms with van der Waals surface area (Å²) in [5.74, 6) is 0. The molecule has 2 atom stereocenters. The third kappa shape index (κ3) is 4.98. The maximum absolute atomic E-state index is 5.78. The first kappa shape index (κ1) is 13.0. The zero-order chi connectivity index (χ0) is 10.9. The summed E-state index contributed by atoms with van der Waals surface area (Å²) in [6.07, 6.45) is 9.53. The van der Waals surface area contributed by atoms with Gasteiger partial charge in [-0.05, 0) is 32.2 Å². The minimum atomic E-state index is 0.494. The van der Waals surface area contributed by atoms with E-state index in [1.54, 1.807) is 0 Å². The van der Waals surface area contributed by atoms with Crippen molar-refractivity contribution >= 4 is 0 Å². The van der Waals surface area contributed by atoms with Crippen molar-refractivity contribution in [3.05, 3.63) is 0 Å². The van der Waals surface area contributed by atoms with Crippen molar-refractivity contribution in [3.63, 3.8) is 0 Å². The largest absolute Gasteiger partial charge is 0.377 e. The van der Waals surface area contributed by atoms with Gasteiger partial charge < -0.3 is 10.1 Å². The van der Waals surface area contributed by atoms with Crippen LogP contribution in [0.3, 0.4) is 0 Å². The average molecular weight is 213 g/mol. The van der Waals surface area contributed by atoms with Crippen molar-refractivity contribution in [2.75, 3.05) is 13.2 Å². The number of ether oxygens (including phenoxy) is 1. The van der Waals surface area contributed by atoms with Gasteiger partial charge in [-0.3, -0.25) is 0 Å². The highest BCUT2D eigenvalue weighted by Gasteiger charge is 2.24. The fourth-order valence-electron chi connectivity index (χ4n) is 2.28. The van der Waals surface area contributed by atoms with Crippen molar-refractivity contribution < 1.29 is 4.74 Å². The van der Waals surface area contributed by atoms with E-state index in [0.717, 1.165) is 13.2 Å². The molecule has 1 heterocycles. The Morgan fingerprint density at radius 1 is 1.27 bits per heavy atom. The third-order valence-electron chi connectivity index (χ3n) is 3.19. The van der Waals surface area contributed by atoms with Gasteiger partial charge in [0.25, 0.3) is 0 Å². The van der Waals surface area contributed by atoms with E-state index < -0.39 is 0 Å². The molecule has 1 N–H and O–H groups in total. The highest BCUT2D eigenvalue weighted by Crippen LogP contribution is 2.19. The van der Waals surface area contributed by atoms with Crippen LogP contribution in [0.25, 0.3) is 0 Å². The monoisotopic (exact) mass is 213 g/mol. The predicted molar refractivity (Wildman–Crippen MR) is 65.2 cm³/mol. The second-order valence-electron chi connectivity index (χ2n) is 4.61. The van der Waals surface area contributed by atoms with E-state index in [1.807, 2.05) is 0 Å². The summed E-state index contributed by atoms with van der Waals surface area (Å²) in [7, 11) is 0. The standard InChI is InChI=1S/C13H27NO/c1-3-5-6-8-12(14-10-4-2)13-9-7-11-15-13/h12-14H,3-11H2,1-2H3. The van der Waals surface area contributed by atoms with E-state index in [-0.39, 0.29) is 0 Å². The van der Waals surface area contributed by atoms with Gasteiger partial charge in [0.05, 0.1) is 6.10 Å². The number of nitrogens with one attached hydrogen (secondary N) is 1. The lowest BCUT2D eigenvalue weighted by Gasteiger charge is -2.24. The summed E-state index contributed by atoms with van der Waals surface area (Å²) in [6.45, 7) is 6.60. The first-order chi connectivity index (χ1) is 7.38. The van der Waals surface area contributed by atoms with Crippen LogP contribution in [0.1, 0.15) is 58.8 Å². The molecule has 2 heteroatoms. The van der Waals surface area contributed by atoms with Crippen molar-refractivity contribution in [1.29, 1.82) is 0 Å². The van der Waals surface area contributed by atoms with Crippen LogP contribution in [0.2, 0.25) is 0 Å². The molecule has 15 heavy (non-hydrogen) atoms. The molecule has 2 nitrogen and oxygen atoms in total. The molecule has 0 radical (unpaired) electrons. The maximum atomic E-state index is 5.78. The lowest BCUT2D eigenvalue weighted by molar-refractivity contribution is 0.0747. The van der Waals surface area contributed by atoms with Gasteiger partial charge >= 0.3 is 0 Å². The van der Waals surface area contributed by atoms with E-state index >= 15 is 0 Å². The number of rotatable bonds is 8. The van der Waals surface area contributed by atoms with E-state index in [1.165, 1.54) is 44.9 Å². The summed E-state index contributed by atoms with van der Waals surface area (Å²) in [6, 6.07) is 0.610. The van der Waals surface area contributed by atoms with E-state index in [2.05, 4.69) is 19.2 Å². The molecule has 1 fully saturated rings. The second kappa shape index (κ2) is 8.12. The molecule has 0 amide bonds. The topological polar surface area (TPSA) is 21.3 Å². The molecule has 90 valence electrons. The highest BCUT2D eigenvalue weighted by molar-refractivity contribution is 4.80. The lowest BCUT2D eigenvalue weighted by atomic mass is 10.0. The van der Waals surface area contributed by atoms with Crippen LogP contribution in [0, 0.1) is 0 Å². The van der Waals surface area contributed by atoms with Crippen LogP contribution in [-0.4, -0.2) is 25.3 Å². The highest BCUT2D eigenvalue weighted by atomic mass is 16.5. The average Bonchev–Trinajstić information content (AvgIpc) is 2.76. The Balaban J connectivity index is 2.23. The minimum Gasteiger partial charge on any atom is -0.377 e. The zero-order valence-electron chi connectivity index (χ0n) is 10.4. The Morgan fingerprint density at radius 2 is 2.13 bits per heavy atom. The van der Waals surface area contributed by atoms with Crippen LogP contribution < -0.4 is 5.32 Å². The molecule has 0 aliphatic carbocycles. The van der Waals surface area contributed by atoms with Gasteiger partial charge in [-0.2, -0.15) is 0 Å². The van der Waals surface area contributed by atoms with Gasteiger partial charge in [0.1, 0.15) is 0 Å². The molecule has 0 aromatic rings. The zero-order valence-corrected chi connectivity index (χ0v) is 10.4. The van der Waals surface area contributed by atoms with Crippen molar-refractivity contribution in [2.45, 2.75) is 70.9 Å². The van der Waals surface area contributed by atoms with Gasteiger partial charge in [0.2, 0.25) is 0 Å². The fraction of sp³-hybridized carbons (Fsp3) is 1.00. The molecular weight excluding hydrogens is 186 g/mol. The Morgan fingerprint density at radius 3 is 2.73 bits per heavy atom. The molecule has 2 unspecified atom stereocenters. The first-order valence-electron chi connectivity index (χ1n) is 6.73. The second-order valence-corrected chi connectivity index (χ2v) is 4.61. The Bertz CT molecular complexity index is 143.